The van der Waals surface area contributed by atoms with Crippen LogP contribution in [-0.2, 0) is 6.42 Å². The van der Waals surface area contributed by atoms with Gasteiger partial charge in [0.2, 0.25) is 6.79 Å². The largest absolute Gasteiger partial charge is 0.454 e. The molecule has 0 saturated carbocycles. The fourth-order valence-corrected chi connectivity index (χ4v) is 2.34. The number of rotatable bonds is 6. The maximum absolute atomic E-state index is 5.36. The Kier molecular flexibility index (Phi) is 4.07. The van der Waals surface area contributed by atoms with Gasteiger partial charge in [0, 0.05) is 18.3 Å². The van der Waals surface area contributed by atoms with Crippen LogP contribution in [0.5, 0.6) is 11.5 Å². The SMILES string of the molecule is c1ccc(CCCCNc2ccc3c(c2)OCO3)cc1. The third kappa shape index (κ3) is 3.23. The Morgan fingerprint density at radius 1 is 0.900 bits per heavy atom. The average molecular weight is 269 g/mol. The third-order valence-corrected chi connectivity index (χ3v) is 3.44. The molecule has 3 nitrogen and oxygen atoms in total. The van der Waals surface area contributed by atoms with Gasteiger partial charge in [0.15, 0.2) is 11.5 Å². The molecule has 1 aliphatic heterocycles. The minimum atomic E-state index is 0.329. The summed E-state index contributed by atoms with van der Waals surface area (Å²) in [7, 11) is 0. The Labute approximate surface area is 119 Å². The highest BCUT2D eigenvalue weighted by atomic mass is 16.7. The molecule has 20 heavy (non-hydrogen) atoms. The fraction of sp³-hybridized carbons (Fsp3) is 0.294. The van der Waals surface area contributed by atoms with Gasteiger partial charge >= 0.3 is 0 Å². The lowest BCUT2D eigenvalue weighted by Gasteiger charge is -2.07. The van der Waals surface area contributed by atoms with Gasteiger partial charge < -0.3 is 14.8 Å². The molecule has 0 unspecified atom stereocenters. The monoisotopic (exact) mass is 269 g/mol. The zero-order valence-electron chi connectivity index (χ0n) is 11.5. The van der Waals surface area contributed by atoms with E-state index in [1.807, 2.05) is 18.2 Å². The van der Waals surface area contributed by atoms with Crippen LogP contribution < -0.4 is 14.8 Å². The minimum absolute atomic E-state index is 0.329. The number of benzene rings is 2. The van der Waals surface area contributed by atoms with Crippen molar-refractivity contribution in [1.29, 1.82) is 0 Å². The van der Waals surface area contributed by atoms with Crippen molar-refractivity contribution in [3.8, 4) is 11.5 Å². The van der Waals surface area contributed by atoms with Crippen molar-refractivity contribution in [2.24, 2.45) is 0 Å². The highest BCUT2D eigenvalue weighted by Crippen LogP contribution is 2.34. The second-order valence-electron chi connectivity index (χ2n) is 4.94. The van der Waals surface area contributed by atoms with Crippen LogP contribution in [0.3, 0.4) is 0 Å². The molecular formula is C17H19NO2. The molecule has 0 atom stereocenters. The van der Waals surface area contributed by atoms with Crippen molar-refractivity contribution in [2.75, 3.05) is 18.7 Å². The Balaban J connectivity index is 1.40. The first kappa shape index (κ1) is 12.9. The van der Waals surface area contributed by atoms with E-state index in [0.717, 1.165) is 36.6 Å². The number of ether oxygens (including phenoxy) is 2. The number of hydrogen-bond acceptors (Lipinski definition) is 3. The second kappa shape index (κ2) is 6.33. The van der Waals surface area contributed by atoms with Gasteiger partial charge in [-0.15, -0.1) is 0 Å². The molecule has 0 aliphatic carbocycles. The first-order valence-electron chi connectivity index (χ1n) is 7.09. The lowest BCUT2D eigenvalue weighted by molar-refractivity contribution is 0.174. The molecule has 3 rings (SSSR count). The number of aryl methyl sites for hydroxylation is 1. The lowest BCUT2D eigenvalue weighted by atomic mass is 10.1. The van der Waals surface area contributed by atoms with Gasteiger partial charge in [-0.1, -0.05) is 30.3 Å². The zero-order valence-corrected chi connectivity index (χ0v) is 11.5. The first-order valence-corrected chi connectivity index (χ1v) is 7.09. The highest BCUT2D eigenvalue weighted by Gasteiger charge is 2.12. The number of unbranched alkanes of at least 4 members (excludes halogenated alkanes) is 1. The van der Waals surface area contributed by atoms with E-state index in [1.54, 1.807) is 0 Å². The van der Waals surface area contributed by atoms with Crippen LogP contribution in [0.25, 0.3) is 0 Å². The topological polar surface area (TPSA) is 30.5 Å². The van der Waals surface area contributed by atoms with E-state index in [1.165, 1.54) is 12.0 Å². The van der Waals surface area contributed by atoms with Crippen molar-refractivity contribution < 1.29 is 9.47 Å². The molecule has 1 heterocycles. The third-order valence-electron chi connectivity index (χ3n) is 3.44. The molecule has 104 valence electrons. The summed E-state index contributed by atoms with van der Waals surface area (Å²) in [5, 5.41) is 3.43. The fourth-order valence-electron chi connectivity index (χ4n) is 2.34. The predicted molar refractivity (Wildman–Crippen MR) is 80.4 cm³/mol. The molecule has 2 aromatic rings. The van der Waals surface area contributed by atoms with Gasteiger partial charge in [0.05, 0.1) is 0 Å². The van der Waals surface area contributed by atoms with Crippen LogP contribution in [0.2, 0.25) is 0 Å². The van der Waals surface area contributed by atoms with E-state index in [-0.39, 0.29) is 0 Å². The van der Waals surface area contributed by atoms with E-state index in [9.17, 15) is 0 Å². The minimum Gasteiger partial charge on any atom is -0.454 e. The molecule has 0 spiro atoms. The van der Waals surface area contributed by atoms with E-state index >= 15 is 0 Å². The Morgan fingerprint density at radius 2 is 1.75 bits per heavy atom. The number of fused-ring (bicyclic) bond motifs is 1. The highest BCUT2D eigenvalue weighted by molar-refractivity contribution is 5.55. The Morgan fingerprint density at radius 3 is 2.65 bits per heavy atom. The van der Waals surface area contributed by atoms with Gasteiger partial charge in [-0.05, 0) is 37.0 Å². The summed E-state index contributed by atoms with van der Waals surface area (Å²) in [6.07, 6.45) is 3.49. The second-order valence-corrected chi connectivity index (χ2v) is 4.94. The molecule has 3 heteroatoms. The summed E-state index contributed by atoms with van der Waals surface area (Å²) < 4.78 is 10.7. The summed E-state index contributed by atoms with van der Waals surface area (Å²) in [6, 6.07) is 16.6. The lowest BCUT2D eigenvalue weighted by Crippen LogP contribution is -2.01. The summed E-state index contributed by atoms with van der Waals surface area (Å²) in [5.74, 6) is 1.67. The predicted octanol–water partition coefficient (Wildman–Crippen LogP) is 3.85. The quantitative estimate of drug-likeness (QED) is 0.808. The van der Waals surface area contributed by atoms with Crippen LogP contribution in [0, 0.1) is 0 Å². The maximum atomic E-state index is 5.36. The van der Waals surface area contributed by atoms with Crippen LogP contribution in [0.4, 0.5) is 5.69 Å². The molecule has 0 bridgehead atoms. The van der Waals surface area contributed by atoms with Crippen molar-refractivity contribution >= 4 is 5.69 Å². The molecule has 1 aliphatic rings. The number of hydrogen-bond donors (Lipinski definition) is 1. The number of anilines is 1. The van der Waals surface area contributed by atoms with Crippen LogP contribution in [-0.4, -0.2) is 13.3 Å². The van der Waals surface area contributed by atoms with E-state index in [2.05, 4.69) is 35.6 Å². The van der Waals surface area contributed by atoms with Crippen molar-refractivity contribution in [3.05, 3.63) is 54.1 Å². The average Bonchev–Trinajstić information content (AvgIpc) is 2.95. The van der Waals surface area contributed by atoms with Gasteiger partial charge in [-0.2, -0.15) is 0 Å². The zero-order chi connectivity index (χ0) is 13.6. The Bertz CT molecular complexity index is 554. The van der Waals surface area contributed by atoms with Crippen LogP contribution in [0.15, 0.2) is 48.5 Å². The smallest absolute Gasteiger partial charge is 0.231 e. The van der Waals surface area contributed by atoms with Gasteiger partial charge in [0.1, 0.15) is 0 Å². The summed E-state index contributed by atoms with van der Waals surface area (Å²) in [4.78, 5) is 0. The molecule has 0 radical (unpaired) electrons. The van der Waals surface area contributed by atoms with Gasteiger partial charge in [-0.3, -0.25) is 0 Å². The summed E-state index contributed by atoms with van der Waals surface area (Å²) in [6.45, 7) is 1.31. The van der Waals surface area contributed by atoms with Crippen molar-refractivity contribution in [1.82, 2.24) is 0 Å². The van der Waals surface area contributed by atoms with E-state index < -0.39 is 0 Å². The van der Waals surface area contributed by atoms with Crippen molar-refractivity contribution in [2.45, 2.75) is 19.3 Å². The maximum Gasteiger partial charge on any atom is 0.231 e. The van der Waals surface area contributed by atoms with E-state index in [0.29, 0.717) is 6.79 Å². The molecule has 0 saturated heterocycles. The van der Waals surface area contributed by atoms with Crippen LogP contribution >= 0.6 is 0 Å². The normalized spacial score (nSPS) is 12.4. The summed E-state index contributed by atoms with van der Waals surface area (Å²) in [5.41, 5.74) is 2.50. The van der Waals surface area contributed by atoms with Gasteiger partial charge in [0.25, 0.3) is 0 Å². The van der Waals surface area contributed by atoms with Crippen LogP contribution in [0.1, 0.15) is 18.4 Å². The molecule has 0 amide bonds. The molecular weight excluding hydrogens is 250 g/mol. The molecule has 1 N–H and O–H groups in total. The molecule has 0 fully saturated rings. The summed E-state index contributed by atoms with van der Waals surface area (Å²) >= 11 is 0. The van der Waals surface area contributed by atoms with E-state index in [4.69, 9.17) is 9.47 Å². The molecule has 2 aromatic carbocycles. The van der Waals surface area contributed by atoms with Gasteiger partial charge in [-0.25, -0.2) is 0 Å². The van der Waals surface area contributed by atoms with Crippen molar-refractivity contribution in [3.63, 3.8) is 0 Å². The first-order chi connectivity index (χ1) is 9.92. The Hall–Kier alpha value is -2.16. The number of nitrogens with one attached hydrogen (secondary N) is 1. The standard InChI is InChI=1S/C17H19NO2/c1-2-6-14(7-3-1)8-4-5-11-18-15-9-10-16-17(12-15)20-13-19-16/h1-3,6-7,9-10,12,18H,4-5,8,11,13H2. The molecule has 0 aromatic heterocycles.